The lowest BCUT2D eigenvalue weighted by atomic mass is 9.98. The van der Waals surface area contributed by atoms with Crippen molar-refractivity contribution >= 4 is 5.97 Å². The Morgan fingerprint density at radius 1 is 1.28 bits per heavy atom. The van der Waals surface area contributed by atoms with Crippen molar-refractivity contribution in [1.82, 2.24) is 0 Å². The van der Waals surface area contributed by atoms with Crippen LogP contribution < -0.4 is 9.47 Å². The number of carbonyl (C=O) groups is 1. The molecule has 29 heavy (non-hydrogen) atoms. The lowest BCUT2D eigenvalue weighted by Gasteiger charge is -2.20. The van der Waals surface area contributed by atoms with Gasteiger partial charge in [0.25, 0.3) is 5.92 Å². The van der Waals surface area contributed by atoms with Gasteiger partial charge in [0.1, 0.15) is 24.2 Å². The molecule has 2 atom stereocenters. The van der Waals surface area contributed by atoms with Crippen LogP contribution >= 0.6 is 0 Å². The van der Waals surface area contributed by atoms with Gasteiger partial charge in [-0.3, -0.25) is 4.79 Å². The summed E-state index contributed by atoms with van der Waals surface area (Å²) in [6.07, 6.45) is 0.811. The molecule has 2 aromatic carbocycles. The minimum Gasteiger partial charge on any atom is -0.492 e. The summed E-state index contributed by atoms with van der Waals surface area (Å²) in [5, 5.41) is 9.01. The van der Waals surface area contributed by atoms with E-state index in [0.29, 0.717) is 36.5 Å². The molecule has 0 amide bonds. The van der Waals surface area contributed by atoms with Gasteiger partial charge in [0.2, 0.25) is 0 Å². The molecule has 0 fully saturated rings. The summed E-state index contributed by atoms with van der Waals surface area (Å²) < 4.78 is 45.2. The van der Waals surface area contributed by atoms with Gasteiger partial charge in [0.05, 0.1) is 13.0 Å². The molecular weight excluding hydrogens is 382 g/mol. The lowest BCUT2D eigenvalue weighted by molar-refractivity contribution is -0.137. The highest BCUT2D eigenvalue weighted by atomic mass is 19.3. The first kappa shape index (κ1) is 19.6. The summed E-state index contributed by atoms with van der Waals surface area (Å²) in [4.78, 5) is 11.0. The Kier molecular flexibility index (Phi) is 5.17. The van der Waals surface area contributed by atoms with Crippen LogP contribution in [0.2, 0.25) is 0 Å². The van der Waals surface area contributed by atoms with Crippen LogP contribution in [-0.4, -0.2) is 31.4 Å². The van der Waals surface area contributed by atoms with Gasteiger partial charge in [0, 0.05) is 30.2 Å². The molecule has 5 nitrogen and oxygen atoms in total. The minimum atomic E-state index is -3.05. The van der Waals surface area contributed by atoms with Gasteiger partial charge in [-0.25, -0.2) is 0 Å². The van der Waals surface area contributed by atoms with Crippen molar-refractivity contribution in [2.75, 3.05) is 20.3 Å². The SMILES string of the molecule is COCC(F)(F)c1cccc2c1CC[C@H]2Oc1ccc2c(c1)OC[C@H]2CC(=O)O. The van der Waals surface area contributed by atoms with Crippen molar-refractivity contribution in [3.63, 3.8) is 0 Å². The van der Waals surface area contributed by atoms with Crippen LogP contribution in [0.25, 0.3) is 0 Å². The average Bonchev–Trinajstić information content (AvgIpc) is 3.25. The van der Waals surface area contributed by atoms with E-state index in [4.69, 9.17) is 14.6 Å². The minimum absolute atomic E-state index is 0.00301. The van der Waals surface area contributed by atoms with Crippen molar-refractivity contribution in [1.29, 1.82) is 0 Å². The normalized spacial score (nSPS) is 20.1. The summed E-state index contributed by atoms with van der Waals surface area (Å²) in [6.45, 7) is -0.329. The second-order valence-electron chi connectivity index (χ2n) is 7.46. The summed E-state index contributed by atoms with van der Waals surface area (Å²) in [5.74, 6) is -2.89. The molecule has 7 heteroatoms. The lowest BCUT2D eigenvalue weighted by Crippen LogP contribution is -2.22. The Balaban J connectivity index is 1.54. The Hall–Kier alpha value is -2.67. The number of aliphatic carboxylic acids is 1. The van der Waals surface area contributed by atoms with Crippen molar-refractivity contribution in [3.05, 3.63) is 58.7 Å². The fourth-order valence-corrected chi connectivity index (χ4v) is 4.21. The van der Waals surface area contributed by atoms with Crippen LogP contribution in [0.15, 0.2) is 36.4 Å². The van der Waals surface area contributed by atoms with Gasteiger partial charge in [-0.05, 0) is 30.0 Å². The average molecular weight is 404 g/mol. The number of fused-ring (bicyclic) bond motifs is 2. The van der Waals surface area contributed by atoms with E-state index >= 15 is 0 Å². The van der Waals surface area contributed by atoms with E-state index in [1.807, 2.05) is 12.1 Å². The largest absolute Gasteiger partial charge is 0.492 e. The molecule has 0 unspecified atom stereocenters. The molecule has 1 aliphatic heterocycles. The first-order chi connectivity index (χ1) is 13.9. The van der Waals surface area contributed by atoms with Gasteiger partial charge >= 0.3 is 5.97 Å². The van der Waals surface area contributed by atoms with Gasteiger partial charge in [-0.2, -0.15) is 8.78 Å². The Bertz CT molecular complexity index is 927. The molecule has 2 aliphatic rings. The summed E-state index contributed by atoms with van der Waals surface area (Å²) in [6, 6.07) is 10.3. The maximum Gasteiger partial charge on any atom is 0.304 e. The predicted octanol–water partition coefficient (Wildman–Crippen LogP) is 4.44. The highest BCUT2D eigenvalue weighted by Gasteiger charge is 2.38. The number of carboxylic acid groups (broad SMARTS) is 1. The van der Waals surface area contributed by atoms with Crippen molar-refractivity contribution < 1.29 is 32.9 Å². The van der Waals surface area contributed by atoms with E-state index in [-0.39, 0.29) is 24.0 Å². The first-order valence-electron chi connectivity index (χ1n) is 9.53. The Morgan fingerprint density at radius 3 is 2.86 bits per heavy atom. The first-order valence-corrected chi connectivity index (χ1v) is 9.53. The molecule has 0 spiro atoms. The number of rotatable bonds is 7. The maximum absolute atomic E-state index is 14.4. The van der Waals surface area contributed by atoms with E-state index in [2.05, 4.69) is 4.74 Å². The third-order valence-electron chi connectivity index (χ3n) is 5.50. The van der Waals surface area contributed by atoms with E-state index in [1.165, 1.54) is 13.2 Å². The van der Waals surface area contributed by atoms with Crippen molar-refractivity contribution in [2.24, 2.45) is 0 Å². The molecule has 1 heterocycles. The molecule has 154 valence electrons. The number of halogens is 2. The van der Waals surface area contributed by atoms with Crippen molar-refractivity contribution in [2.45, 2.75) is 37.2 Å². The zero-order valence-electron chi connectivity index (χ0n) is 16.0. The highest BCUT2D eigenvalue weighted by molar-refractivity contribution is 5.68. The van der Waals surface area contributed by atoms with Crippen LogP contribution in [0.4, 0.5) is 8.78 Å². The van der Waals surface area contributed by atoms with Crippen LogP contribution in [0, 0.1) is 0 Å². The van der Waals surface area contributed by atoms with Crippen LogP contribution in [0.3, 0.4) is 0 Å². The van der Waals surface area contributed by atoms with Gasteiger partial charge < -0.3 is 19.3 Å². The zero-order valence-corrected chi connectivity index (χ0v) is 16.0. The second kappa shape index (κ2) is 7.63. The van der Waals surface area contributed by atoms with Gasteiger partial charge in [-0.1, -0.05) is 24.3 Å². The number of alkyl halides is 2. The highest BCUT2D eigenvalue weighted by Crippen LogP contribution is 2.43. The number of carboxylic acids is 1. The van der Waals surface area contributed by atoms with E-state index < -0.39 is 18.5 Å². The fourth-order valence-electron chi connectivity index (χ4n) is 4.21. The fraction of sp³-hybridized carbons (Fsp3) is 0.409. The smallest absolute Gasteiger partial charge is 0.304 e. The van der Waals surface area contributed by atoms with E-state index in [0.717, 1.165) is 11.1 Å². The molecule has 0 radical (unpaired) electrons. The van der Waals surface area contributed by atoms with Crippen LogP contribution in [-0.2, 0) is 21.9 Å². The zero-order chi connectivity index (χ0) is 20.6. The number of hydrogen-bond donors (Lipinski definition) is 1. The van der Waals surface area contributed by atoms with E-state index in [9.17, 15) is 13.6 Å². The number of hydrogen-bond acceptors (Lipinski definition) is 4. The monoisotopic (exact) mass is 404 g/mol. The van der Waals surface area contributed by atoms with Crippen LogP contribution in [0.5, 0.6) is 11.5 Å². The molecule has 2 aromatic rings. The summed E-state index contributed by atoms with van der Waals surface area (Å²) in [5.41, 5.74) is 2.24. The molecular formula is C22H22F2O5. The van der Waals surface area contributed by atoms with Gasteiger partial charge in [-0.15, -0.1) is 0 Å². The molecule has 0 aromatic heterocycles. The number of methoxy groups -OCH3 is 1. The third kappa shape index (κ3) is 3.79. The van der Waals surface area contributed by atoms with E-state index in [1.54, 1.807) is 18.2 Å². The molecule has 0 saturated heterocycles. The predicted molar refractivity (Wildman–Crippen MR) is 101 cm³/mol. The third-order valence-corrected chi connectivity index (χ3v) is 5.50. The number of ether oxygens (including phenoxy) is 3. The Labute approximate surface area is 167 Å². The number of benzene rings is 2. The van der Waals surface area contributed by atoms with Crippen LogP contribution in [0.1, 0.15) is 47.1 Å². The molecule has 0 saturated carbocycles. The maximum atomic E-state index is 14.4. The molecule has 0 bridgehead atoms. The molecule has 1 N–H and O–H groups in total. The quantitative estimate of drug-likeness (QED) is 0.739. The second-order valence-corrected chi connectivity index (χ2v) is 7.46. The summed E-state index contributed by atoms with van der Waals surface area (Å²) >= 11 is 0. The van der Waals surface area contributed by atoms with Gasteiger partial charge in [0.15, 0.2) is 0 Å². The summed E-state index contributed by atoms with van der Waals surface area (Å²) in [7, 11) is 1.26. The Morgan fingerprint density at radius 2 is 2.10 bits per heavy atom. The molecule has 1 aliphatic carbocycles. The molecule has 4 rings (SSSR count). The topological polar surface area (TPSA) is 65.0 Å². The standard InChI is InChI=1S/C22H22F2O5/c1-27-12-22(23,24)18-4-2-3-17-16(18)7-8-19(17)29-14-5-6-15-13(9-21(25)26)11-28-20(15)10-14/h2-6,10,13,19H,7-9,11-12H2,1H3,(H,25,26)/t13-,19-/m1/s1. The van der Waals surface area contributed by atoms with Crippen molar-refractivity contribution in [3.8, 4) is 11.5 Å².